The number of carbonyl (C=O) groups is 2. The van der Waals surface area contributed by atoms with Crippen LogP contribution >= 0.6 is 34.8 Å². The molecule has 0 aromatic heterocycles. The summed E-state index contributed by atoms with van der Waals surface area (Å²) in [6.07, 6.45) is 0.665. The van der Waals surface area contributed by atoms with Gasteiger partial charge < -0.3 is 19.7 Å². The number of halogens is 3. The van der Waals surface area contributed by atoms with Gasteiger partial charge in [-0.05, 0) is 36.8 Å². The first-order valence-electron chi connectivity index (χ1n) is 8.76. The molecule has 0 spiro atoms. The van der Waals surface area contributed by atoms with E-state index in [0.29, 0.717) is 40.2 Å². The van der Waals surface area contributed by atoms with E-state index in [-0.39, 0.29) is 23.0 Å². The predicted molar refractivity (Wildman–Crippen MR) is 116 cm³/mol. The van der Waals surface area contributed by atoms with E-state index < -0.39 is 5.91 Å². The van der Waals surface area contributed by atoms with Crippen LogP contribution in [0.15, 0.2) is 30.3 Å². The van der Waals surface area contributed by atoms with Crippen LogP contribution in [0.2, 0.25) is 15.1 Å². The molecule has 29 heavy (non-hydrogen) atoms. The lowest BCUT2D eigenvalue weighted by atomic mass is 10.1. The fourth-order valence-electron chi connectivity index (χ4n) is 2.70. The van der Waals surface area contributed by atoms with Gasteiger partial charge in [0.15, 0.2) is 11.5 Å². The molecule has 0 unspecified atom stereocenters. The maximum Gasteiger partial charge on any atom is 0.254 e. The third-order valence-electron chi connectivity index (χ3n) is 4.00. The molecule has 0 aliphatic rings. The maximum atomic E-state index is 13.0. The van der Waals surface area contributed by atoms with Crippen LogP contribution in [0.1, 0.15) is 23.7 Å². The summed E-state index contributed by atoms with van der Waals surface area (Å²) in [5, 5.41) is 3.70. The monoisotopic (exact) mass is 458 g/mol. The van der Waals surface area contributed by atoms with Crippen LogP contribution in [-0.4, -0.2) is 44.0 Å². The molecule has 0 aliphatic carbocycles. The molecule has 2 aromatic carbocycles. The molecule has 0 fully saturated rings. The summed E-state index contributed by atoms with van der Waals surface area (Å²) in [6.45, 7) is 2.12. The van der Waals surface area contributed by atoms with E-state index in [4.69, 9.17) is 44.3 Å². The molecule has 156 valence electrons. The highest BCUT2D eigenvalue weighted by atomic mass is 35.5. The van der Waals surface area contributed by atoms with Gasteiger partial charge in [-0.2, -0.15) is 0 Å². The minimum absolute atomic E-state index is 0.165. The van der Waals surface area contributed by atoms with Crippen LogP contribution in [0.5, 0.6) is 11.5 Å². The van der Waals surface area contributed by atoms with Crippen LogP contribution in [0.3, 0.4) is 0 Å². The molecule has 2 rings (SSSR count). The SMILES string of the molecule is CCCN(CC(=O)Nc1cc(Cl)ccc1Cl)C(=O)c1cc(Cl)c(OC)c(OC)c1. The van der Waals surface area contributed by atoms with Crippen molar-refractivity contribution < 1.29 is 19.1 Å². The number of hydrogen-bond donors (Lipinski definition) is 1. The molecule has 0 saturated heterocycles. The first kappa shape index (κ1) is 23.1. The lowest BCUT2D eigenvalue weighted by Gasteiger charge is -2.22. The summed E-state index contributed by atoms with van der Waals surface area (Å²) in [7, 11) is 2.91. The smallest absolute Gasteiger partial charge is 0.254 e. The van der Waals surface area contributed by atoms with Crippen molar-refractivity contribution in [2.45, 2.75) is 13.3 Å². The molecule has 2 amide bonds. The highest BCUT2D eigenvalue weighted by molar-refractivity contribution is 6.35. The number of rotatable bonds is 8. The first-order valence-corrected chi connectivity index (χ1v) is 9.89. The van der Waals surface area contributed by atoms with E-state index in [1.54, 1.807) is 18.2 Å². The van der Waals surface area contributed by atoms with Crippen molar-refractivity contribution in [2.75, 3.05) is 32.6 Å². The summed E-state index contributed by atoms with van der Waals surface area (Å²) >= 11 is 18.2. The zero-order chi connectivity index (χ0) is 21.6. The molecule has 0 aliphatic heterocycles. The molecular formula is C20H21Cl3N2O4. The molecule has 0 radical (unpaired) electrons. The Morgan fingerprint density at radius 1 is 1.03 bits per heavy atom. The summed E-state index contributed by atoms with van der Waals surface area (Å²) in [4.78, 5) is 26.9. The van der Waals surface area contributed by atoms with Gasteiger partial charge >= 0.3 is 0 Å². The molecule has 1 N–H and O–H groups in total. The Balaban J connectivity index is 2.22. The van der Waals surface area contributed by atoms with Crippen molar-refractivity contribution in [2.24, 2.45) is 0 Å². The zero-order valence-corrected chi connectivity index (χ0v) is 18.5. The third kappa shape index (κ3) is 5.92. The molecule has 0 atom stereocenters. The van der Waals surface area contributed by atoms with E-state index in [1.165, 1.54) is 31.3 Å². The summed E-state index contributed by atoms with van der Waals surface area (Å²) < 4.78 is 10.4. The van der Waals surface area contributed by atoms with Crippen molar-refractivity contribution in [3.05, 3.63) is 51.0 Å². The number of methoxy groups -OCH3 is 2. The minimum Gasteiger partial charge on any atom is -0.493 e. The Morgan fingerprint density at radius 3 is 2.38 bits per heavy atom. The van der Waals surface area contributed by atoms with Gasteiger partial charge in [-0.25, -0.2) is 0 Å². The zero-order valence-electron chi connectivity index (χ0n) is 16.2. The second kappa shape index (κ2) is 10.6. The lowest BCUT2D eigenvalue weighted by Crippen LogP contribution is -2.38. The van der Waals surface area contributed by atoms with Gasteiger partial charge in [0.25, 0.3) is 5.91 Å². The second-order valence-electron chi connectivity index (χ2n) is 6.09. The molecule has 6 nitrogen and oxygen atoms in total. The largest absolute Gasteiger partial charge is 0.493 e. The van der Waals surface area contributed by atoms with Crippen molar-refractivity contribution >= 4 is 52.3 Å². The number of nitrogens with zero attached hydrogens (tertiary/aromatic N) is 1. The van der Waals surface area contributed by atoms with E-state index in [1.807, 2.05) is 6.92 Å². The Morgan fingerprint density at radius 2 is 1.76 bits per heavy atom. The predicted octanol–water partition coefficient (Wildman–Crippen LogP) is 5.15. The average molecular weight is 460 g/mol. The molecule has 0 saturated carbocycles. The third-order valence-corrected chi connectivity index (χ3v) is 4.84. The van der Waals surface area contributed by atoms with Crippen molar-refractivity contribution in [1.29, 1.82) is 0 Å². The Labute approximate surface area is 184 Å². The van der Waals surface area contributed by atoms with Crippen LogP contribution < -0.4 is 14.8 Å². The molecular weight excluding hydrogens is 439 g/mol. The average Bonchev–Trinajstić information content (AvgIpc) is 2.69. The van der Waals surface area contributed by atoms with Gasteiger partial charge in [-0.1, -0.05) is 41.7 Å². The maximum absolute atomic E-state index is 13.0. The highest BCUT2D eigenvalue weighted by Crippen LogP contribution is 2.36. The topological polar surface area (TPSA) is 67.9 Å². The van der Waals surface area contributed by atoms with Gasteiger partial charge in [-0.15, -0.1) is 0 Å². The van der Waals surface area contributed by atoms with Crippen molar-refractivity contribution in [3.63, 3.8) is 0 Å². The second-order valence-corrected chi connectivity index (χ2v) is 7.34. The summed E-state index contributed by atoms with van der Waals surface area (Å²) in [6, 6.07) is 7.76. The number of anilines is 1. The quantitative estimate of drug-likeness (QED) is 0.592. The van der Waals surface area contributed by atoms with Crippen LogP contribution in [0.25, 0.3) is 0 Å². The van der Waals surface area contributed by atoms with E-state index >= 15 is 0 Å². The Hall–Kier alpha value is -2.15. The van der Waals surface area contributed by atoms with Gasteiger partial charge in [-0.3, -0.25) is 9.59 Å². The number of hydrogen-bond acceptors (Lipinski definition) is 4. The van der Waals surface area contributed by atoms with Gasteiger partial charge in [0.2, 0.25) is 5.91 Å². The molecule has 9 heteroatoms. The molecule has 0 heterocycles. The number of nitrogens with one attached hydrogen (secondary N) is 1. The van der Waals surface area contributed by atoms with E-state index in [9.17, 15) is 9.59 Å². The first-order chi connectivity index (χ1) is 13.8. The Bertz CT molecular complexity index is 906. The fraction of sp³-hybridized carbons (Fsp3) is 0.300. The number of carbonyl (C=O) groups excluding carboxylic acids is 2. The Kier molecular flexibility index (Phi) is 8.44. The lowest BCUT2D eigenvalue weighted by molar-refractivity contribution is -0.116. The number of benzene rings is 2. The number of ether oxygens (including phenoxy) is 2. The minimum atomic E-state index is -0.400. The van der Waals surface area contributed by atoms with Crippen LogP contribution in [0.4, 0.5) is 5.69 Å². The van der Waals surface area contributed by atoms with Crippen molar-refractivity contribution in [3.8, 4) is 11.5 Å². The van der Waals surface area contributed by atoms with E-state index in [0.717, 1.165) is 0 Å². The fourth-order valence-corrected chi connectivity index (χ4v) is 3.33. The standard InChI is InChI=1S/C20H21Cl3N2O4/c1-4-7-25(11-18(26)24-16-10-13(21)5-6-14(16)22)20(27)12-8-15(23)19(29-3)17(9-12)28-2/h5-6,8-10H,4,7,11H2,1-3H3,(H,24,26). The highest BCUT2D eigenvalue weighted by Gasteiger charge is 2.22. The van der Waals surface area contributed by atoms with Gasteiger partial charge in [0, 0.05) is 17.1 Å². The molecule has 0 bridgehead atoms. The normalized spacial score (nSPS) is 10.4. The summed E-state index contributed by atoms with van der Waals surface area (Å²) in [5.74, 6) is -0.0966. The van der Waals surface area contributed by atoms with Gasteiger partial charge in [0.05, 0.1) is 30.0 Å². The van der Waals surface area contributed by atoms with Crippen molar-refractivity contribution in [1.82, 2.24) is 4.90 Å². The van der Waals surface area contributed by atoms with E-state index in [2.05, 4.69) is 5.32 Å². The summed E-state index contributed by atoms with van der Waals surface area (Å²) in [5.41, 5.74) is 0.664. The number of amides is 2. The molecule has 2 aromatic rings. The van der Waals surface area contributed by atoms with Gasteiger partial charge in [0.1, 0.15) is 6.54 Å². The van der Waals surface area contributed by atoms with Crippen LogP contribution in [-0.2, 0) is 4.79 Å². The van der Waals surface area contributed by atoms with Crippen LogP contribution in [0, 0.1) is 0 Å².